The van der Waals surface area contributed by atoms with E-state index in [9.17, 15) is 4.79 Å². The molecule has 1 N–H and O–H groups in total. The van der Waals surface area contributed by atoms with Crippen LogP contribution in [-0.4, -0.2) is 31.3 Å². The minimum atomic E-state index is -0.695. The van der Waals surface area contributed by atoms with Crippen molar-refractivity contribution >= 4 is 11.8 Å². The Kier molecular flexibility index (Phi) is 6.06. The largest absolute Gasteiger partial charge is 0.459 e. The SMILES string of the molecule is COCCOC(=O)C(C#N)=CNc1cccc(C)n1. The molecule has 0 spiro atoms. The normalized spacial score (nSPS) is 10.7. The van der Waals surface area contributed by atoms with Crippen molar-refractivity contribution in [3.63, 3.8) is 0 Å². The molecule has 6 heteroatoms. The number of methoxy groups -OCH3 is 1. The number of carbonyl (C=O) groups is 1. The average Bonchev–Trinajstić information content (AvgIpc) is 2.40. The zero-order valence-corrected chi connectivity index (χ0v) is 10.8. The number of anilines is 1. The van der Waals surface area contributed by atoms with E-state index in [2.05, 4.69) is 10.3 Å². The molecule has 0 amide bonds. The Balaban J connectivity index is 2.62. The average molecular weight is 261 g/mol. The fraction of sp³-hybridized carbons (Fsp3) is 0.308. The zero-order valence-electron chi connectivity index (χ0n) is 10.8. The third-order valence-corrected chi connectivity index (χ3v) is 2.11. The predicted molar refractivity (Wildman–Crippen MR) is 69.1 cm³/mol. The smallest absolute Gasteiger partial charge is 0.350 e. The van der Waals surface area contributed by atoms with Gasteiger partial charge in [0, 0.05) is 19.0 Å². The molecule has 1 heterocycles. The monoisotopic (exact) mass is 261 g/mol. The Labute approximate surface area is 111 Å². The lowest BCUT2D eigenvalue weighted by Crippen LogP contribution is -2.12. The van der Waals surface area contributed by atoms with Gasteiger partial charge in [-0.2, -0.15) is 5.26 Å². The van der Waals surface area contributed by atoms with Crippen LogP contribution in [-0.2, 0) is 14.3 Å². The number of rotatable bonds is 6. The number of carbonyl (C=O) groups excluding carboxylic acids is 1. The Morgan fingerprint density at radius 2 is 2.32 bits per heavy atom. The van der Waals surface area contributed by atoms with E-state index in [1.807, 2.05) is 19.1 Å². The van der Waals surface area contributed by atoms with Gasteiger partial charge in [0.05, 0.1) is 6.61 Å². The maximum atomic E-state index is 11.5. The van der Waals surface area contributed by atoms with Gasteiger partial charge in [-0.25, -0.2) is 9.78 Å². The first-order valence-electron chi connectivity index (χ1n) is 5.64. The fourth-order valence-electron chi connectivity index (χ4n) is 1.20. The highest BCUT2D eigenvalue weighted by Gasteiger charge is 2.10. The molecule has 0 fully saturated rings. The van der Waals surface area contributed by atoms with Crippen LogP contribution in [0.4, 0.5) is 5.82 Å². The number of aromatic nitrogens is 1. The second-order valence-corrected chi connectivity index (χ2v) is 3.61. The van der Waals surface area contributed by atoms with E-state index in [1.54, 1.807) is 12.1 Å². The van der Waals surface area contributed by atoms with Gasteiger partial charge in [-0.3, -0.25) is 0 Å². The predicted octanol–water partition coefficient (Wildman–Crippen LogP) is 1.40. The molecule has 0 bridgehead atoms. The summed E-state index contributed by atoms with van der Waals surface area (Å²) in [6.45, 7) is 2.24. The van der Waals surface area contributed by atoms with Crippen molar-refractivity contribution in [1.82, 2.24) is 4.98 Å². The highest BCUT2D eigenvalue weighted by molar-refractivity contribution is 5.93. The fourth-order valence-corrected chi connectivity index (χ4v) is 1.20. The Hall–Kier alpha value is -2.39. The molecule has 6 nitrogen and oxygen atoms in total. The number of hydrogen-bond donors (Lipinski definition) is 1. The van der Waals surface area contributed by atoms with E-state index >= 15 is 0 Å². The molecule has 1 aromatic heterocycles. The second-order valence-electron chi connectivity index (χ2n) is 3.61. The summed E-state index contributed by atoms with van der Waals surface area (Å²) in [5, 5.41) is 11.7. The van der Waals surface area contributed by atoms with E-state index in [1.165, 1.54) is 13.3 Å². The topological polar surface area (TPSA) is 84.2 Å². The molecule has 19 heavy (non-hydrogen) atoms. The molecule has 0 aliphatic carbocycles. The van der Waals surface area contributed by atoms with Crippen LogP contribution < -0.4 is 5.32 Å². The molecule has 0 saturated heterocycles. The van der Waals surface area contributed by atoms with Gasteiger partial charge in [-0.05, 0) is 19.1 Å². The Morgan fingerprint density at radius 1 is 1.53 bits per heavy atom. The summed E-state index contributed by atoms with van der Waals surface area (Å²) in [7, 11) is 1.50. The molecule has 0 aliphatic rings. The lowest BCUT2D eigenvalue weighted by Gasteiger charge is -2.04. The quantitative estimate of drug-likeness (QED) is 0.360. The number of hydrogen-bond acceptors (Lipinski definition) is 6. The van der Waals surface area contributed by atoms with Gasteiger partial charge in [-0.15, -0.1) is 0 Å². The van der Waals surface area contributed by atoms with Crippen molar-refractivity contribution < 1.29 is 14.3 Å². The van der Waals surface area contributed by atoms with Gasteiger partial charge < -0.3 is 14.8 Å². The first-order chi connectivity index (χ1) is 9.17. The van der Waals surface area contributed by atoms with E-state index in [-0.39, 0.29) is 18.8 Å². The first kappa shape index (κ1) is 14.7. The maximum Gasteiger partial charge on any atom is 0.350 e. The van der Waals surface area contributed by atoms with Crippen LogP contribution in [0.15, 0.2) is 30.0 Å². The first-order valence-corrected chi connectivity index (χ1v) is 5.64. The van der Waals surface area contributed by atoms with Crippen molar-refractivity contribution in [2.24, 2.45) is 0 Å². The second kappa shape index (κ2) is 7.84. The maximum absolute atomic E-state index is 11.5. The molecule has 100 valence electrons. The summed E-state index contributed by atoms with van der Waals surface area (Å²) in [5.74, 6) is -0.142. The lowest BCUT2D eigenvalue weighted by molar-refractivity contribution is -0.139. The third-order valence-electron chi connectivity index (χ3n) is 2.11. The molecule has 0 saturated carbocycles. The van der Waals surface area contributed by atoms with Crippen LogP contribution in [0.3, 0.4) is 0 Å². The van der Waals surface area contributed by atoms with Crippen molar-refractivity contribution in [3.8, 4) is 6.07 Å². The van der Waals surface area contributed by atoms with E-state index in [0.29, 0.717) is 5.82 Å². The summed E-state index contributed by atoms with van der Waals surface area (Å²) in [6.07, 6.45) is 1.27. The van der Waals surface area contributed by atoms with Crippen molar-refractivity contribution in [2.75, 3.05) is 25.6 Å². The highest BCUT2D eigenvalue weighted by Crippen LogP contribution is 2.05. The van der Waals surface area contributed by atoms with Crippen molar-refractivity contribution in [2.45, 2.75) is 6.92 Å². The number of nitrogens with zero attached hydrogens (tertiary/aromatic N) is 2. The van der Waals surface area contributed by atoms with Gasteiger partial charge in [-0.1, -0.05) is 6.07 Å². The number of pyridine rings is 1. The third kappa shape index (κ3) is 5.19. The van der Waals surface area contributed by atoms with Crippen LogP contribution in [0.1, 0.15) is 5.69 Å². The highest BCUT2D eigenvalue weighted by atomic mass is 16.6. The van der Waals surface area contributed by atoms with Crippen LogP contribution in [0.2, 0.25) is 0 Å². The van der Waals surface area contributed by atoms with Crippen LogP contribution in [0, 0.1) is 18.3 Å². The van der Waals surface area contributed by atoms with Crippen LogP contribution in [0.25, 0.3) is 0 Å². The molecule has 0 unspecified atom stereocenters. The molecule has 1 aromatic rings. The zero-order chi connectivity index (χ0) is 14.1. The van der Waals surface area contributed by atoms with Crippen molar-refractivity contribution in [1.29, 1.82) is 5.26 Å². The molecule has 1 rings (SSSR count). The van der Waals surface area contributed by atoms with Gasteiger partial charge in [0.15, 0.2) is 5.57 Å². The molecule has 0 atom stereocenters. The molecular formula is C13H15N3O3. The van der Waals surface area contributed by atoms with E-state index < -0.39 is 5.97 Å². The number of nitriles is 1. The minimum absolute atomic E-state index is 0.108. The molecule has 0 radical (unpaired) electrons. The Morgan fingerprint density at radius 3 is 2.95 bits per heavy atom. The number of aryl methyl sites for hydroxylation is 1. The van der Waals surface area contributed by atoms with E-state index in [0.717, 1.165) is 5.69 Å². The Bertz CT molecular complexity index is 506. The molecule has 0 aromatic carbocycles. The van der Waals surface area contributed by atoms with Crippen LogP contribution >= 0.6 is 0 Å². The number of ether oxygens (including phenoxy) is 2. The molecule has 0 aliphatic heterocycles. The van der Waals surface area contributed by atoms with E-state index in [4.69, 9.17) is 14.7 Å². The standard InChI is InChI=1S/C13H15N3O3/c1-10-4-3-5-12(16-10)15-9-11(8-14)13(17)19-7-6-18-2/h3-5,9H,6-7H2,1-2H3,(H,15,16). The summed E-state index contributed by atoms with van der Waals surface area (Å²) >= 11 is 0. The van der Waals surface area contributed by atoms with Crippen molar-refractivity contribution in [3.05, 3.63) is 35.7 Å². The minimum Gasteiger partial charge on any atom is -0.459 e. The summed E-state index contributed by atoms with van der Waals surface area (Å²) in [4.78, 5) is 15.7. The summed E-state index contributed by atoms with van der Waals surface area (Å²) in [6, 6.07) is 7.17. The number of esters is 1. The lowest BCUT2D eigenvalue weighted by atomic mass is 10.3. The van der Waals surface area contributed by atoms with Gasteiger partial charge in [0.25, 0.3) is 0 Å². The van der Waals surface area contributed by atoms with Gasteiger partial charge >= 0.3 is 5.97 Å². The number of nitrogens with one attached hydrogen (secondary N) is 1. The summed E-state index contributed by atoms with van der Waals surface area (Å²) in [5.41, 5.74) is 0.707. The van der Waals surface area contributed by atoms with Crippen LogP contribution in [0.5, 0.6) is 0 Å². The van der Waals surface area contributed by atoms with Gasteiger partial charge in [0.2, 0.25) is 0 Å². The summed E-state index contributed by atoms with van der Waals surface area (Å²) < 4.78 is 9.58. The van der Waals surface area contributed by atoms with Gasteiger partial charge in [0.1, 0.15) is 18.5 Å². The molecular weight excluding hydrogens is 246 g/mol.